The zero-order valence-corrected chi connectivity index (χ0v) is 24.2. The quantitative estimate of drug-likeness (QED) is 0.268. The Morgan fingerprint density at radius 1 is 1.14 bits per heavy atom. The molecule has 0 spiro atoms. The largest absolute Gasteiger partial charge is 0.478 e. The Bertz CT molecular complexity index is 1820. The van der Waals surface area contributed by atoms with Crippen molar-refractivity contribution >= 4 is 22.6 Å². The molecule has 0 bridgehead atoms. The summed E-state index contributed by atoms with van der Waals surface area (Å²) in [6, 6.07) is 11.7. The van der Waals surface area contributed by atoms with Crippen molar-refractivity contribution in [1.29, 1.82) is 0 Å². The van der Waals surface area contributed by atoms with E-state index in [0.29, 0.717) is 48.4 Å². The Hall–Kier alpha value is -4.59. The summed E-state index contributed by atoms with van der Waals surface area (Å²) in [4.78, 5) is 27.8. The van der Waals surface area contributed by atoms with Crippen molar-refractivity contribution in [3.63, 3.8) is 0 Å². The average molecular weight is 594 g/mol. The summed E-state index contributed by atoms with van der Waals surface area (Å²) in [6.45, 7) is 3.55. The fourth-order valence-corrected chi connectivity index (χ4v) is 5.40. The molecule has 2 aliphatic heterocycles. The number of carboxylic acid groups (broad SMARTS) is 1. The molecule has 2 aromatic heterocycles. The number of aromatic nitrogens is 4. The number of hydrogen-bond acceptors (Lipinski definition) is 7. The first-order valence-electron chi connectivity index (χ1n) is 15.0. The van der Waals surface area contributed by atoms with Gasteiger partial charge in [-0.3, -0.25) is 4.90 Å². The fraction of sp³-hybridized carbons (Fsp3) is 0.353. The van der Waals surface area contributed by atoms with Crippen LogP contribution in [0.2, 0.25) is 0 Å². The summed E-state index contributed by atoms with van der Waals surface area (Å²) < 4.78 is 28.3. The number of ether oxygens (including phenoxy) is 2. The molecule has 1 atom stereocenters. The first-order chi connectivity index (χ1) is 21.5. The highest BCUT2D eigenvalue weighted by Crippen LogP contribution is 2.28. The normalized spacial score (nSPS) is 18.3. The van der Waals surface area contributed by atoms with Crippen molar-refractivity contribution in [2.24, 2.45) is 5.92 Å². The smallest absolute Gasteiger partial charge is 0.335 e. The standard InChI is InChI=1S/C34H32FN5O4/c35-28-17-23(4-3-22-1-2-22)5-6-26(28)21-44-32-9-13-36-33(38-32)24-10-14-39(15-11-24)20-31-37-29-8-7-25(34(41)42)18-30(29)40(31)19-27-12-16-43-27/h5-10,13,17-18,22,27H,1-2,11-12,14-16,19-21H2,(H,41,42)/t27-/m0/s1. The highest BCUT2D eigenvalue weighted by molar-refractivity contribution is 5.92. The molecule has 1 saturated heterocycles. The van der Waals surface area contributed by atoms with E-state index >= 15 is 0 Å². The lowest BCUT2D eigenvalue weighted by molar-refractivity contribution is -0.0591. The van der Waals surface area contributed by atoms with Gasteiger partial charge in [-0.1, -0.05) is 24.0 Å². The second-order valence-electron chi connectivity index (χ2n) is 11.5. The van der Waals surface area contributed by atoms with Crippen LogP contribution in [-0.2, 0) is 24.4 Å². The molecule has 10 heteroatoms. The summed E-state index contributed by atoms with van der Waals surface area (Å²) in [7, 11) is 0. The first kappa shape index (κ1) is 28.2. The van der Waals surface area contributed by atoms with Crippen LogP contribution in [0.1, 0.15) is 58.8 Å². The number of carbonyl (C=O) groups is 1. The van der Waals surface area contributed by atoms with Crippen LogP contribution in [-0.4, -0.2) is 61.3 Å². The van der Waals surface area contributed by atoms with Crippen molar-refractivity contribution in [2.75, 3.05) is 19.7 Å². The van der Waals surface area contributed by atoms with Gasteiger partial charge in [-0.05, 0) is 61.6 Å². The molecule has 3 aliphatic rings. The van der Waals surface area contributed by atoms with Crippen LogP contribution in [0.25, 0.3) is 16.6 Å². The second-order valence-corrected chi connectivity index (χ2v) is 11.5. The summed E-state index contributed by atoms with van der Waals surface area (Å²) in [5.74, 6) is 7.25. The SMILES string of the molecule is O=C(O)c1ccc2nc(CN3CC=C(c4nccc(OCc5ccc(C#CC6CC6)cc5F)n4)CC3)n(C[C@@H]3CCO3)c2c1. The molecule has 1 saturated carbocycles. The molecule has 0 unspecified atom stereocenters. The number of nitrogens with zero attached hydrogens (tertiary/aromatic N) is 5. The molecule has 9 nitrogen and oxygen atoms in total. The highest BCUT2D eigenvalue weighted by atomic mass is 19.1. The molecule has 1 aliphatic carbocycles. The van der Waals surface area contributed by atoms with Gasteiger partial charge in [-0.15, -0.1) is 0 Å². The number of carboxylic acids is 1. The molecular weight excluding hydrogens is 561 g/mol. The van der Waals surface area contributed by atoms with Crippen molar-refractivity contribution in [2.45, 2.75) is 51.5 Å². The van der Waals surface area contributed by atoms with Crippen molar-refractivity contribution < 1.29 is 23.8 Å². The van der Waals surface area contributed by atoms with Gasteiger partial charge in [0, 0.05) is 49.0 Å². The van der Waals surface area contributed by atoms with E-state index in [-0.39, 0.29) is 24.1 Å². The summed E-state index contributed by atoms with van der Waals surface area (Å²) in [6.07, 6.45) is 7.89. The predicted octanol–water partition coefficient (Wildman–Crippen LogP) is 5.08. The third-order valence-corrected chi connectivity index (χ3v) is 8.26. The molecule has 2 aromatic carbocycles. The van der Waals surface area contributed by atoms with E-state index in [0.717, 1.165) is 61.3 Å². The maximum atomic E-state index is 14.6. The molecule has 4 heterocycles. The Balaban J connectivity index is 1.01. The number of halogens is 1. The van der Waals surface area contributed by atoms with E-state index in [1.54, 1.807) is 36.5 Å². The van der Waals surface area contributed by atoms with Gasteiger partial charge in [0.15, 0.2) is 5.82 Å². The highest BCUT2D eigenvalue weighted by Gasteiger charge is 2.24. The van der Waals surface area contributed by atoms with Crippen LogP contribution in [0.5, 0.6) is 5.88 Å². The maximum absolute atomic E-state index is 14.6. The molecular formula is C34H32FN5O4. The monoisotopic (exact) mass is 593 g/mol. The molecule has 224 valence electrons. The van der Waals surface area contributed by atoms with Crippen molar-refractivity contribution in [3.05, 3.63) is 88.9 Å². The summed E-state index contributed by atoms with van der Waals surface area (Å²) in [5.41, 5.74) is 3.99. The molecule has 44 heavy (non-hydrogen) atoms. The lowest BCUT2D eigenvalue weighted by Gasteiger charge is -2.29. The van der Waals surface area contributed by atoms with E-state index in [4.69, 9.17) is 14.5 Å². The third kappa shape index (κ3) is 6.34. The summed E-state index contributed by atoms with van der Waals surface area (Å²) >= 11 is 0. The topological polar surface area (TPSA) is 103 Å². The minimum Gasteiger partial charge on any atom is -0.478 e. The van der Waals surface area contributed by atoms with Crippen LogP contribution in [0.15, 0.2) is 54.7 Å². The van der Waals surface area contributed by atoms with E-state index in [1.807, 2.05) is 6.07 Å². The predicted molar refractivity (Wildman–Crippen MR) is 161 cm³/mol. The van der Waals surface area contributed by atoms with Gasteiger partial charge in [0.05, 0.1) is 35.8 Å². The lowest BCUT2D eigenvalue weighted by Crippen LogP contribution is -2.33. The van der Waals surface area contributed by atoms with Gasteiger partial charge >= 0.3 is 5.97 Å². The minimum absolute atomic E-state index is 0.0618. The number of imidazole rings is 1. The van der Waals surface area contributed by atoms with Gasteiger partial charge in [0.1, 0.15) is 18.2 Å². The average Bonchev–Trinajstić information content (AvgIpc) is 3.78. The van der Waals surface area contributed by atoms with Crippen LogP contribution in [0.3, 0.4) is 0 Å². The number of rotatable bonds is 9. The van der Waals surface area contributed by atoms with Crippen LogP contribution >= 0.6 is 0 Å². The molecule has 0 amide bonds. The van der Waals surface area contributed by atoms with Crippen LogP contribution in [0.4, 0.5) is 4.39 Å². The zero-order valence-electron chi connectivity index (χ0n) is 24.2. The van der Waals surface area contributed by atoms with Crippen molar-refractivity contribution in [3.8, 4) is 17.7 Å². The Kier molecular flexibility index (Phi) is 7.81. The number of benzene rings is 2. The number of hydrogen-bond donors (Lipinski definition) is 1. The number of fused-ring (bicyclic) bond motifs is 1. The molecule has 0 radical (unpaired) electrons. The third-order valence-electron chi connectivity index (χ3n) is 8.26. The maximum Gasteiger partial charge on any atom is 0.335 e. The molecule has 7 rings (SSSR count). The van der Waals surface area contributed by atoms with E-state index < -0.39 is 5.97 Å². The van der Waals surface area contributed by atoms with Crippen LogP contribution in [0, 0.1) is 23.6 Å². The molecule has 2 fully saturated rings. The second kappa shape index (κ2) is 12.2. The van der Waals surface area contributed by atoms with Crippen LogP contribution < -0.4 is 4.74 Å². The van der Waals surface area contributed by atoms with Gasteiger partial charge in [-0.25, -0.2) is 19.2 Å². The Labute approximate surface area is 254 Å². The zero-order chi connectivity index (χ0) is 30.0. The minimum atomic E-state index is -0.956. The molecule has 1 N–H and O–H groups in total. The fourth-order valence-electron chi connectivity index (χ4n) is 5.40. The lowest BCUT2D eigenvalue weighted by atomic mass is 10.1. The number of aromatic carboxylic acids is 1. The van der Waals surface area contributed by atoms with Gasteiger partial charge in [0.25, 0.3) is 0 Å². The van der Waals surface area contributed by atoms with Gasteiger partial charge in [0.2, 0.25) is 5.88 Å². The van der Waals surface area contributed by atoms with Gasteiger partial charge < -0.3 is 19.1 Å². The first-order valence-corrected chi connectivity index (χ1v) is 15.0. The summed E-state index contributed by atoms with van der Waals surface area (Å²) in [5, 5.41) is 9.51. The van der Waals surface area contributed by atoms with E-state index in [2.05, 4.69) is 37.4 Å². The Morgan fingerprint density at radius 3 is 2.75 bits per heavy atom. The van der Waals surface area contributed by atoms with E-state index in [1.165, 1.54) is 6.07 Å². The molecule has 4 aromatic rings. The van der Waals surface area contributed by atoms with E-state index in [9.17, 15) is 14.3 Å². The van der Waals surface area contributed by atoms with Crippen molar-refractivity contribution in [1.82, 2.24) is 24.4 Å². The Morgan fingerprint density at radius 2 is 2.02 bits per heavy atom. The van der Waals surface area contributed by atoms with Gasteiger partial charge in [-0.2, -0.15) is 4.98 Å².